The summed E-state index contributed by atoms with van der Waals surface area (Å²) < 4.78 is 0. The molecule has 0 nitrogen and oxygen atoms in total. The lowest BCUT2D eigenvalue weighted by Crippen LogP contribution is -2.32. The first-order valence-corrected chi connectivity index (χ1v) is 8.34. The van der Waals surface area contributed by atoms with Gasteiger partial charge in [-0.15, -0.1) is 0 Å². The summed E-state index contributed by atoms with van der Waals surface area (Å²) in [6, 6.07) is 0. The highest BCUT2D eigenvalue weighted by atomic mass is 14.4. The van der Waals surface area contributed by atoms with Crippen LogP contribution in [0.25, 0.3) is 0 Å². The van der Waals surface area contributed by atoms with E-state index in [2.05, 4.69) is 48.5 Å². The Morgan fingerprint density at radius 3 is 2.06 bits per heavy atom. The average Bonchev–Trinajstić information content (AvgIpc) is 2.30. The zero-order chi connectivity index (χ0) is 13.9. The van der Waals surface area contributed by atoms with Crippen molar-refractivity contribution in [2.45, 2.75) is 74.1 Å². The first kappa shape index (κ1) is 16.1. The Morgan fingerprint density at radius 1 is 0.889 bits per heavy atom. The monoisotopic (exact) mass is 252 g/mol. The molecule has 0 aromatic carbocycles. The maximum absolute atomic E-state index is 2.52. The van der Waals surface area contributed by atoms with Crippen LogP contribution in [0.3, 0.4) is 0 Å². The molecule has 108 valence electrons. The van der Waals surface area contributed by atoms with Crippen molar-refractivity contribution in [3.05, 3.63) is 0 Å². The van der Waals surface area contributed by atoms with Crippen LogP contribution < -0.4 is 0 Å². The molecule has 1 aliphatic carbocycles. The summed E-state index contributed by atoms with van der Waals surface area (Å²) in [4.78, 5) is 0. The highest BCUT2D eigenvalue weighted by molar-refractivity contribution is 4.82. The van der Waals surface area contributed by atoms with Crippen molar-refractivity contribution in [3.63, 3.8) is 0 Å². The van der Waals surface area contributed by atoms with Crippen LogP contribution in [0.5, 0.6) is 0 Å². The number of rotatable bonds is 3. The Balaban J connectivity index is 2.72. The van der Waals surface area contributed by atoms with Crippen molar-refractivity contribution in [2.24, 2.45) is 41.4 Å². The second kappa shape index (κ2) is 6.96. The predicted octanol–water partition coefficient (Wildman–Crippen LogP) is 6.01. The molecule has 0 aromatic rings. The second-order valence-corrected chi connectivity index (χ2v) is 7.73. The quantitative estimate of drug-likeness (QED) is 0.576. The topological polar surface area (TPSA) is 0 Å². The van der Waals surface area contributed by atoms with Crippen LogP contribution in [-0.2, 0) is 0 Å². The fourth-order valence-electron chi connectivity index (χ4n) is 4.09. The third-order valence-electron chi connectivity index (χ3n) is 6.14. The molecular formula is C18H36. The molecule has 1 saturated carbocycles. The maximum atomic E-state index is 2.52. The Labute approximate surface area is 116 Å². The summed E-state index contributed by atoms with van der Waals surface area (Å²) in [7, 11) is 0. The van der Waals surface area contributed by atoms with E-state index < -0.39 is 0 Å². The van der Waals surface area contributed by atoms with Gasteiger partial charge in [-0.3, -0.25) is 0 Å². The van der Waals surface area contributed by atoms with E-state index in [-0.39, 0.29) is 0 Å². The molecule has 6 atom stereocenters. The van der Waals surface area contributed by atoms with Gasteiger partial charge in [-0.25, -0.2) is 0 Å². The summed E-state index contributed by atoms with van der Waals surface area (Å²) in [6.45, 7) is 17.2. The molecule has 1 aliphatic rings. The lowest BCUT2D eigenvalue weighted by atomic mass is 9.66. The Morgan fingerprint density at radius 2 is 1.50 bits per heavy atom. The van der Waals surface area contributed by atoms with Crippen LogP contribution in [-0.4, -0.2) is 0 Å². The van der Waals surface area contributed by atoms with Crippen LogP contribution in [0.2, 0.25) is 0 Å². The zero-order valence-electron chi connectivity index (χ0n) is 13.9. The van der Waals surface area contributed by atoms with E-state index in [1.165, 1.54) is 25.7 Å². The van der Waals surface area contributed by atoms with Crippen molar-refractivity contribution in [3.8, 4) is 0 Å². The molecule has 0 saturated heterocycles. The van der Waals surface area contributed by atoms with Crippen molar-refractivity contribution >= 4 is 0 Å². The summed E-state index contributed by atoms with van der Waals surface area (Å²) in [5, 5.41) is 0. The molecule has 0 heteroatoms. The molecule has 0 bridgehead atoms. The summed E-state index contributed by atoms with van der Waals surface area (Å²) in [5.41, 5.74) is 0. The molecule has 6 unspecified atom stereocenters. The largest absolute Gasteiger partial charge is 0.0625 e. The molecule has 0 N–H and O–H groups in total. The lowest BCUT2D eigenvalue weighted by molar-refractivity contribution is 0.0964. The van der Waals surface area contributed by atoms with Crippen LogP contribution in [0.4, 0.5) is 0 Å². The molecule has 0 heterocycles. The molecular weight excluding hydrogens is 216 g/mol. The van der Waals surface area contributed by atoms with Crippen LogP contribution in [0.1, 0.15) is 74.1 Å². The van der Waals surface area contributed by atoms with Crippen LogP contribution >= 0.6 is 0 Å². The van der Waals surface area contributed by atoms with Gasteiger partial charge in [-0.1, -0.05) is 61.3 Å². The summed E-state index contributed by atoms with van der Waals surface area (Å²) in [6.07, 6.45) is 5.82. The van der Waals surface area contributed by atoms with Crippen LogP contribution in [0.15, 0.2) is 0 Å². The SMILES string of the molecule is CC1CCCC(C(C)C(C)C(C)C)C(C)C(C)C1. The molecule has 1 rings (SSSR count). The third-order valence-corrected chi connectivity index (χ3v) is 6.14. The molecule has 1 fully saturated rings. The van der Waals surface area contributed by atoms with E-state index in [4.69, 9.17) is 0 Å². The smallest absolute Gasteiger partial charge is 0.0357 e. The van der Waals surface area contributed by atoms with Crippen molar-refractivity contribution in [2.75, 3.05) is 0 Å². The van der Waals surface area contributed by atoms with Crippen molar-refractivity contribution < 1.29 is 0 Å². The Bertz CT molecular complexity index is 230. The minimum atomic E-state index is 0.826. The number of hydrogen-bond donors (Lipinski definition) is 0. The Kier molecular flexibility index (Phi) is 6.21. The standard InChI is InChI=1S/C18H36/c1-12(2)15(5)17(7)18-10-8-9-13(3)11-14(4)16(18)6/h12-18H,8-11H2,1-7H3. The molecule has 0 aliphatic heterocycles. The fourth-order valence-corrected chi connectivity index (χ4v) is 4.09. The lowest BCUT2D eigenvalue weighted by Gasteiger charge is -2.40. The minimum absolute atomic E-state index is 0.826. The van der Waals surface area contributed by atoms with Gasteiger partial charge in [0.2, 0.25) is 0 Å². The second-order valence-electron chi connectivity index (χ2n) is 7.73. The minimum Gasteiger partial charge on any atom is -0.0625 e. The van der Waals surface area contributed by atoms with Gasteiger partial charge in [0.25, 0.3) is 0 Å². The van der Waals surface area contributed by atoms with Gasteiger partial charge in [0.15, 0.2) is 0 Å². The van der Waals surface area contributed by atoms with Gasteiger partial charge in [0.05, 0.1) is 0 Å². The van der Waals surface area contributed by atoms with E-state index in [1.807, 2.05) is 0 Å². The van der Waals surface area contributed by atoms with E-state index >= 15 is 0 Å². The molecule has 0 spiro atoms. The number of hydrogen-bond acceptors (Lipinski definition) is 0. The average molecular weight is 252 g/mol. The first-order chi connectivity index (χ1) is 8.34. The van der Waals surface area contributed by atoms with E-state index in [9.17, 15) is 0 Å². The van der Waals surface area contributed by atoms with Crippen molar-refractivity contribution in [1.29, 1.82) is 0 Å². The maximum Gasteiger partial charge on any atom is -0.0357 e. The normalized spacial score (nSPS) is 38.0. The van der Waals surface area contributed by atoms with E-state index in [0.29, 0.717) is 0 Å². The van der Waals surface area contributed by atoms with Gasteiger partial charge < -0.3 is 0 Å². The highest BCUT2D eigenvalue weighted by Crippen LogP contribution is 2.41. The predicted molar refractivity (Wildman–Crippen MR) is 82.6 cm³/mol. The molecule has 0 aromatic heterocycles. The molecule has 0 radical (unpaired) electrons. The van der Waals surface area contributed by atoms with Gasteiger partial charge in [0, 0.05) is 0 Å². The molecule has 0 amide bonds. The third kappa shape index (κ3) is 4.00. The highest BCUT2D eigenvalue weighted by Gasteiger charge is 2.32. The first-order valence-electron chi connectivity index (χ1n) is 8.34. The van der Waals surface area contributed by atoms with Crippen LogP contribution in [0, 0.1) is 41.4 Å². The van der Waals surface area contributed by atoms with Gasteiger partial charge in [-0.05, 0) is 54.3 Å². The van der Waals surface area contributed by atoms with Crippen molar-refractivity contribution in [1.82, 2.24) is 0 Å². The van der Waals surface area contributed by atoms with Gasteiger partial charge >= 0.3 is 0 Å². The summed E-state index contributed by atoms with van der Waals surface area (Å²) in [5.74, 6) is 6.28. The summed E-state index contributed by atoms with van der Waals surface area (Å²) >= 11 is 0. The fraction of sp³-hybridized carbons (Fsp3) is 1.00. The Hall–Kier alpha value is 0. The zero-order valence-corrected chi connectivity index (χ0v) is 13.9. The van der Waals surface area contributed by atoms with Gasteiger partial charge in [-0.2, -0.15) is 0 Å². The van der Waals surface area contributed by atoms with Gasteiger partial charge in [0.1, 0.15) is 0 Å². The van der Waals surface area contributed by atoms with E-state index in [1.54, 1.807) is 0 Å². The molecule has 18 heavy (non-hydrogen) atoms. The van der Waals surface area contributed by atoms with E-state index in [0.717, 1.165) is 41.4 Å².